The Morgan fingerprint density at radius 2 is 1.81 bits per heavy atom. The molecule has 3 aromatic rings. The van der Waals surface area contributed by atoms with Crippen LogP contribution in [0.2, 0.25) is 0 Å². The van der Waals surface area contributed by atoms with E-state index < -0.39 is 23.4 Å². The lowest BCUT2D eigenvalue weighted by Crippen LogP contribution is -2.19. The number of benzene rings is 2. The molecule has 0 radical (unpaired) electrons. The molecule has 0 saturated heterocycles. The van der Waals surface area contributed by atoms with Crippen molar-refractivity contribution in [3.05, 3.63) is 59.8 Å². The zero-order chi connectivity index (χ0) is 19.6. The van der Waals surface area contributed by atoms with Crippen molar-refractivity contribution < 1.29 is 27.4 Å². The fourth-order valence-electron chi connectivity index (χ4n) is 2.88. The van der Waals surface area contributed by atoms with Gasteiger partial charge in [0.05, 0.1) is 24.8 Å². The molecule has 0 bridgehead atoms. The molecule has 3 rings (SSSR count). The Balaban J connectivity index is 2.50. The molecule has 27 heavy (non-hydrogen) atoms. The van der Waals surface area contributed by atoms with Gasteiger partial charge in [0.25, 0.3) is 0 Å². The van der Waals surface area contributed by atoms with Crippen molar-refractivity contribution in [2.75, 3.05) is 13.7 Å². The fourth-order valence-corrected chi connectivity index (χ4v) is 2.88. The number of fused-ring (bicyclic) bond motifs is 1. The quantitative estimate of drug-likeness (QED) is 0.595. The van der Waals surface area contributed by atoms with Crippen molar-refractivity contribution in [2.24, 2.45) is 0 Å². The fraction of sp³-hybridized carbons (Fsp3) is 0.200. The molecule has 1 heterocycles. The SMILES string of the molecule is CCOC(=O)c1c(C(F)(F)F)nc2ccc(OC)cc2c1-c1ccccc1. The van der Waals surface area contributed by atoms with Gasteiger partial charge in [0.2, 0.25) is 0 Å². The second-order valence-corrected chi connectivity index (χ2v) is 5.68. The molecule has 0 unspecified atom stereocenters. The molecule has 0 aliphatic rings. The van der Waals surface area contributed by atoms with Crippen LogP contribution in [-0.2, 0) is 10.9 Å². The first-order valence-electron chi connectivity index (χ1n) is 8.18. The highest BCUT2D eigenvalue weighted by molar-refractivity contribution is 6.08. The standard InChI is InChI=1S/C20H16F3NO3/c1-3-27-19(25)17-16(12-7-5-4-6-8-12)14-11-13(26-2)9-10-15(14)24-18(17)20(21,22)23/h4-11H,3H2,1-2H3. The van der Waals surface area contributed by atoms with Crippen LogP contribution in [0, 0.1) is 0 Å². The molecule has 0 saturated carbocycles. The molecule has 0 aliphatic heterocycles. The van der Waals surface area contributed by atoms with Crippen molar-refractivity contribution in [2.45, 2.75) is 13.1 Å². The Morgan fingerprint density at radius 3 is 2.41 bits per heavy atom. The van der Waals surface area contributed by atoms with Crippen LogP contribution in [0.1, 0.15) is 23.0 Å². The van der Waals surface area contributed by atoms with Gasteiger partial charge < -0.3 is 9.47 Å². The summed E-state index contributed by atoms with van der Waals surface area (Å²) in [5.74, 6) is -0.628. The molecule has 0 spiro atoms. The number of hydrogen-bond acceptors (Lipinski definition) is 4. The van der Waals surface area contributed by atoms with Gasteiger partial charge in [-0.15, -0.1) is 0 Å². The van der Waals surface area contributed by atoms with Gasteiger partial charge in [0.1, 0.15) is 5.75 Å². The number of ether oxygens (including phenoxy) is 2. The number of hydrogen-bond donors (Lipinski definition) is 0. The van der Waals surface area contributed by atoms with E-state index in [4.69, 9.17) is 9.47 Å². The van der Waals surface area contributed by atoms with E-state index in [1.54, 1.807) is 36.4 Å². The van der Waals surface area contributed by atoms with Crippen molar-refractivity contribution in [1.82, 2.24) is 4.98 Å². The topological polar surface area (TPSA) is 48.4 Å². The molecule has 7 heteroatoms. The molecule has 0 N–H and O–H groups in total. The van der Waals surface area contributed by atoms with Crippen LogP contribution < -0.4 is 4.74 Å². The molecule has 0 atom stereocenters. The smallest absolute Gasteiger partial charge is 0.434 e. The van der Waals surface area contributed by atoms with Gasteiger partial charge in [-0.2, -0.15) is 13.2 Å². The third-order valence-corrected chi connectivity index (χ3v) is 4.00. The Bertz CT molecular complexity index is 985. The maximum atomic E-state index is 13.7. The molecular weight excluding hydrogens is 359 g/mol. The lowest BCUT2D eigenvalue weighted by molar-refractivity contribution is -0.141. The Morgan fingerprint density at radius 1 is 1.11 bits per heavy atom. The van der Waals surface area contributed by atoms with E-state index in [-0.39, 0.29) is 17.7 Å². The number of alkyl halides is 3. The highest BCUT2D eigenvalue weighted by Crippen LogP contribution is 2.40. The van der Waals surface area contributed by atoms with Crippen LogP contribution in [0.3, 0.4) is 0 Å². The summed E-state index contributed by atoms with van der Waals surface area (Å²) in [7, 11) is 1.45. The Hall–Kier alpha value is -3.09. The van der Waals surface area contributed by atoms with Crippen LogP contribution in [0.25, 0.3) is 22.0 Å². The van der Waals surface area contributed by atoms with Gasteiger partial charge in [-0.3, -0.25) is 0 Å². The number of nitrogens with zero attached hydrogens (tertiary/aromatic N) is 1. The van der Waals surface area contributed by atoms with Crippen molar-refractivity contribution in [1.29, 1.82) is 0 Å². The van der Waals surface area contributed by atoms with E-state index in [1.807, 2.05) is 0 Å². The molecule has 2 aromatic carbocycles. The normalized spacial score (nSPS) is 11.4. The predicted molar refractivity (Wildman–Crippen MR) is 94.7 cm³/mol. The first kappa shape index (κ1) is 18.7. The number of rotatable bonds is 4. The molecular formula is C20H16F3NO3. The number of pyridine rings is 1. The Kier molecular flexibility index (Phi) is 5.03. The third kappa shape index (κ3) is 3.58. The molecule has 1 aromatic heterocycles. The second-order valence-electron chi connectivity index (χ2n) is 5.68. The summed E-state index contributed by atoms with van der Waals surface area (Å²) in [6.45, 7) is 1.48. The van der Waals surface area contributed by atoms with E-state index in [0.717, 1.165) is 0 Å². The average Bonchev–Trinajstić information content (AvgIpc) is 2.66. The minimum Gasteiger partial charge on any atom is -0.497 e. The first-order chi connectivity index (χ1) is 12.9. The van der Waals surface area contributed by atoms with E-state index in [2.05, 4.69) is 4.98 Å². The summed E-state index contributed by atoms with van der Waals surface area (Å²) in [5.41, 5.74) is -1.19. The number of carbonyl (C=O) groups excluding carboxylic acids is 1. The first-order valence-corrected chi connectivity index (χ1v) is 8.18. The average molecular weight is 375 g/mol. The number of aromatic nitrogens is 1. The minimum absolute atomic E-state index is 0.0551. The molecule has 0 fully saturated rings. The summed E-state index contributed by atoms with van der Waals surface area (Å²) in [5, 5.41) is 0.372. The summed E-state index contributed by atoms with van der Waals surface area (Å²) in [4.78, 5) is 16.2. The lowest BCUT2D eigenvalue weighted by Gasteiger charge is -2.18. The van der Waals surface area contributed by atoms with Gasteiger partial charge in [-0.1, -0.05) is 30.3 Å². The second kappa shape index (κ2) is 7.26. The molecule has 140 valence electrons. The van der Waals surface area contributed by atoms with Gasteiger partial charge >= 0.3 is 12.1 Å². The molecule has 0 amide bonds. The zero-order valence-electron chi connectivity index (χ0n) is 14.6. The van der Waals surface area contributed by atoms with Crippen LogP contribution in [0.5, 0.6) is 5.75 Å². The number of esters is 1. The lowest BCUT2D eigenvalue weighted by atomic mass is 9.93. The van der Waals surface area contributed by atoms with Gasteiger partial charge in [-0.05, 0) is 30.7 Å². The van der Waals surface area contributed by atoms with Gasteiger partial charge in [0, 0.05) is 10.9 Å². The Labute approximate surface area is 153 Å². The van der Waals surface area contributed by atoms with E-state index in [9.17, 15) is 18.0 Å². The zero-order valence-corrected chi connectivity index (χ0v) is 14.6. The molecule has 0 aliphatic carbocycles. The third-order valence-electron chi connectivity index (χ3n) is 4.00. The number of halogens is 3. The van der Waals surface area contributed by atoms with Crippen LogP contribution in [0.4, 0.5) is 13.2 Å². The van der Waals surface area contributed by atoms with Crippen LogP contribution in [0.15, 0.2) is 48.5 Å². The van der Waals surface area contributed by atoms with E-state index in [1.165, 1.54) is 26.2 Å². The summed E-state index contributed by atoms with van der Waals surface area (Å²) < 4.78 is 51.3. The highest BCUT2D eigenvalue weighted by Gasteiger charge is 2.40. The monoisotopic (exact) mass is 375 g/mol. The van der Waals surface area contributed by atoms with E-state index in [0.29, 0.717) is 16.7 Å². The van der Waals surface area contributed by atoms with Gasteiger partial charge in [0.15, 0.2) is 5.69 Å². The summed E-state index contributed by atoms with van der Waals surface area (Å²) >= 11 is 0. The largest absolute Gasteiger partial charge is 0.497 e. The molecule has 4 nitrogen and oxygen atoms in total. The maximum Gasteiger partial charge on any atom is 0.434 e. The number of carbonyl (C=O) groups is 1. The summed E-state index contributed by atoms with van der Waals surface area (Å²) in [6.07, 6.45) is -4.82. The highest BCUT2D eigenvalue weighted by atomic mass is 19.4. The van der Waals surface area contributed by atoms with Crippen molar-refractivity contribution >= 4 is 16.9 Å². The van der Waals surface area contributed by atoms with Crippen LogP contribution in [-0.4, -0.2) is 24.7 Å². The van der Waals surface area contributed by atoms with Crippen molar-refractivity contribution in [3.8, 4) is 16.9 Å². The maximum absolute atomic E-state index is 13.7. The van der Waals surface area contributed by atoms with E-state index >= 15 is 0 Å². The van der Waals surface area contributed by atoms with Gasteiger partial charge in [-0.25, -0.2) is 9.78 Å². The minimum atomic E-state index is -4.82. The van der Waals surface area contributed by atoms with Crippen LogP contribution >= 0.6 is 0 Å². The van der Waals surface area contributed by atoms with Crippen molar-refractivity contribution in [3.63, 3.8) is 0 Å². The number of methoxy groups -OCH3 is 1. The predicted octanol–water partition coefficient (Wildman–Crippen LogP) is 5.11. The summed E-state index contributed by atoms with van der Waals surface area (Å²) in [6, 6.07) is 12.9.